The maximum absolute atomic E-state index is 13.1. The Morgan fingerprint density at radius 3 is 2.71 bits per heavy atom. The molecule has 0 aliphatic rings. The van der Waals surface area contributed by atoms with Gasteiger partial charge in [0.25, 0.3) is 0 Å². The van der Waals surface area contributed by atoms with Gasteiger partial charge in [0.15, 0.2) is 0 Å². The summed E-state index contributed by atoms with van der Waals surface area (Å²) in [6, 6.07) is 9.48. The quantitative estimate of drug-likeness (QED) is 0.666. The summed E-state index contributed by atoms with van der Waals surface area (Å²) in [6.45, 7) is 3.81. The molecule has 21 heavy (non-hydrogen) atoms. The number of aryl methyl sites for hydroxylation is 1. The molecule has 2 aromatic rings. The number of nitrogens with one attached hydrogen (secondary N) is 1. The van der Waals surface area contributed by atoms with Crippen molar-refractivity contribution in [2.45, 2.75) is 13.8 Å². The van der Waals surface area contributed by atoms with E-state index in [2.05, 4.69) is 5.32 Å². The maximum Gasteiger partial charge on any atom is 0.340 e. The summed E-state index contributed by atoms with van der Waals surface area (Å²) in [5.74, 6) is -0.763. The molecule has 0 bridgehead atoms. The summed E-state index contributed by atoms with van der Waals surface area (Å²) in [5.41, 5.74) is 8.67. The van der Waals surface area contributed by atoms with Crippen molar-refractivity contribution in [3.63, 3.8) is 0 Å². The van der Waals surface area contributed by atoms with Crippen molar-refractivity contribution in [1.29, 1.82) is 0 Å². The number of rotatable bonds is 4. The number of esters is 1. The van der Waals surface area contributed by atoms with Gasteiger partial charge in [0.1, 0.15) is 5.82 Å². The molecule has 5 heteroatoms. The summed E-state index contributed by atoms with van der Waals surface area (Å²) >= 11 is 0. The molecule has 0 fully saturated rings. The van der Waals surface area contributed by atoms with Crippen molar-refractivity contribution in [3.8, 4) is 0 Å². The lowest BCUT2D eigenvalue weighted by Gasteiger charge is -2.14. The second kappa shape index (κ2) is 6.26. The third-order valence-corrected chi connectivity index (χ3v) is 3.06. The molecule has 0 aliphatic heterocycles. The van der Waals surface area contributed by atoms with Crippen LogP contribution in [0.15, 0.2) is 36.4 Å². The van der Waals surface area contributed by atoms with Gasteiger partial charge in [-0.25, -0.2) is 9.18 Å². The monoisotopic (exact) mass is 288 g/mol. The first-order valence-electron chi connectivity index (χ1n) is 6.61. The molecule has 0 aliphatic carbocycles. The van der Waals surface area contributed by atoms with Crippen LogP contribution in [0, 0.1) is 12.7 Å². The van der Waals surface area contributed by atoms with Gasteiger partial charge in [0, 0.05) is 5.69 Å². The van der Waals surface area contributed by atoms with E-state index >= 15 is 0 Å². The van der Waals surface area contributed by atoms with Crippen LogP contribution < -0.4 is 11.1 Å². The van der Waals surface area contributed by atoms with Crippen LogP contribution in [-0.2, 0) is 4.74 Å². The van der Waals surface area contributed by atoms with Crippen LogP contribution in [0.4, 0.5) is 21.5 Å². The number of anilines is 3. The normalized spacial score (nSPS) is 10.2. The number of hydrogen-bond donors (Lipinski definition) is 2. The van der Waals surface area contributed by atoms with E-state index in [1.165, 1.54) is 12.1 Å². The Bertz CT molecular complexity index is 671. The largest absolute Gasteiger partial charge is 0.462 e. The van der Waals surface area contributed by atoms with Crippen molar-refractivity contribution >= 4 is 23.0 Å². The number of benzene rings is 2. The number of carbonyl (C=O) groups excluding carboxylic acids is 1. The fraction of sp³-hybridized carbons (Fsp3) is 0.188. The Labute approximate surface area is 122 Å². The fourth-order valence-corrected chi connectivity index (χ4v) is 1.97. The Balaban J connectivity index is 2.32. The zero-order chi connectivity index (χ0) is 15.4. The van der Waals surface area contributed by atoms with E-state index in [9.17, 15) is 9.18 Å². The molecular weight excluding hydrogens is 271 g/mol. The number of carbonyl (C=O) groups is 1. The number of ether oxygens (including phenoxy) is 1. The molecule has 0 unspecified atom stereocenters. The molecule has 3 N–H and O–H groups in total. The number of hydrogen-bond acceptors (Lipinski definition) is 4. The van der Waals surface area contributed by atoms with E-state index in [1.54, 1.807) is 38.1 Å². The summed E-state index contributed by atoms with van der Waals surface area (Å²) in [5, 5.41) is 3.11. The van der Waals surface area contributed by atoms with E-state index in [0.29, 0.717) is 16.9 Å². The van der Waals surface area contributed by atoms with E-state index in [-0.39, 0.29) is 12.4 Å². The number of nitrogens with two attached hydrogens (primary N) is 1. The van der Waals surface area contributed by atoms with E-state index < -0.39 is 5.97 Å². The molecule has 0 amide bonds. The van der Waals surface area contributed by atoms with Gasteiger partial charge in [-0.2, -0.15) is 0 Å². The van der Waals surface area contributed by atoms with Crippen molar-refractivity contribution in [1.82, 2.24) is 0 Å². The SMILES string of the molecule is CCOC(=O)c1cccc(Nc2ccc(F)cc2C)c1N. The van der Waals surface area contributed by atoms with Gasteiger partial charge in [0.05, 0.1) is 23.5 Å². The Hall–Kier alpha value is -2.56. The third-order valence-electron chi connectivity index (χ3n) is 3.06. The van der Waals surface area contributed by atoms with Crippen LogP contribution in [0.5, 0.6) is 0 Å². The molecule has 0 radical (unpaired) electrons. The summed E-state index contributed by atoms with van der Waals surface area (Å²) in [7, 11) is 0. The summed E-state index contributed by atoms with van der Waals surface area (Å²) < 4.78 is 18.1. The molecule has 2 rings (SSSR count). The third kappa shape index (κ3) is 3.31. The van der Waals surface area contributed by atoms with Gasteiger partial charge >= 0.3 is 5.97 Å². The van der Waals surface area contributed by atoms with Gasteiger partial charge in [0.2, 0.25) is 0 Å². The van der Waals surface area contributed by atoms with Crippen molar-refractivity contribution in [2.24, 2.45) is 0 Å². The molecule has 110 valence electrons. The predicted molar refractivity (Wildman–Crippen MR) is 81.2 cm³/mol. The lowest BCUT2D eigenvalue weighted by molar-refractivity contribution is 0.0527. The molecule has 0 saturated heterocycles. The molecule has 0 aromatic heterocycles. The Morgan fingerprint density at radius 2 is 2.05 bits per heavy atom. The highest BCUT2D eigenvalue weighted by Crippen LogP contribution is 2.28. The number of nitrogen functional groups attached to an aromatic ring is 1. The zero-order valence-electron chi connectivity index (χ0n) is 11.9. The minimum Gasteiger partial charge on any atom is -0.462 e. The second-order valence-corrected chi connectivity index (χ2v) is 4.57. The van der Waals surface area contributed by atoms with E-state index in [0.717, 1.165) is 11.3 Å². The summed E-state index contributed by atoms with van der Waals surface area (Å²) in [6.07, 6.45) is 0. The highest BCUT2D eigenvalue weighted by atomic mass is 19.1. The molecule has 0 heterocycles. The average molecular weight is 288 g/mol. The van der Waals surface area contributed by atoms with Crippen molar-refractivity contribution in [3.05, 3.63) is 53.3 Å². The lowest BCUT2D eigenvalue weighted by Crippen LogP contribution is -2.09. The van der Waals surface area contributed by atoms with Gasteiger partial charge in [-0.05, 0) is 49.7 Å². The first-order valence-corrected chi connectivity index (χ1v) is 6.61. The molecule has 0 atom stereocenters. The second-order valence-electron chi connectivity index (χ2n) is 4.57. The van der Waals surface area contributed by atoms with Crippen LogP contribution in [-0.4, -0.2) is 12.6 Å². The molecule has 4 nitrogen and oxygen atoms in total. The van der Waals surface area contributed by atoms with Crippen LogP contribution in [0.2, 0.25) is 0 Å². The molecular formula is C16H17FN2O2. The first-order chi connectivity index (χ1) is 10.0. The highest BCUT2D eigenvalue weighted by molar-refractivity contribution is 5.98. The maximum atomic E-state index is 13.1. The smallest absolute Gasteiger partial charge is 0.340 e. The summed E-state index contributed by atoms with van der Waals surface area (Å²) in [4.78, 5) is 11.8. The van der Waals surface area contributed by atoms with Crippen molar-refractivity contribution in [2.75, 3.05) is 17.7 Å². The fourth-order valence-electron chi connectivity index (χ4n) is 1.97. The minimum absolute atomic E-state index is 0.285. The van der Waals surface area contributed by atoms with Crippen LogP contribution in [0.25, 0.3) is 0 Å². The van der Waals surface area contributed by atoms with E-state index in [1.807, 2.05) is 0 Å². The Kier molecular flexibility index (Phi) is 4.42. The first kappa shape index (κ1) is 14.8. The number of halogens is 1. The molecule has 0 saturated carbocycles. The molecule has 2 aromatic carbocycles. The van der Waals surface area contributed by atoms with Gasteiger partial charge in [-0.3, -0.25) is 0 Å². The van der Waals surface area contributed by atoms with Crippen LogP contribution >= 0.6 is 0 Å². The van der Waals surface area contributed by atoms with Gasteiger partial charge < -0.3 is 15.8 Å². The van der Waals surface area contributed by atoms with Crippen LogP contribution in [0.3, 0.4) is 0 Å². The average Bonchev–Trinajstić information content (AvgIpc) is 2.44. The van der Waals surface area contributed by atoms with Gasteiger partial charge in [-0.1, -0.05) is 6.07 Å². The Morgan fingerprint density at radius 1 is 1.29 bits per heavy atom. The number of para-hydroxylation sites is 1. The van der Waals surface area contributed by atoms with E-state index in [4.69, 9.17) is 10.5 Å². The highest BCUT2D eigenvalue weighted by Gasteiger charge is 2.14. The zero-order valence-corrected chi connectivity index (χ0v) is 11.9. The predicted octanol–water partition coefficient (Wildman–Crippen LogP) is 3.64. The minimum atomic E-state index is -0.463. The van der Waals surface area contributed by atoms with Crippen molar-refractivity contribution < 1.29 is 13.9 Å². The standard InChI is InChI=1S/C16H17FN2O2/c1-3-21-16(20)12-5-4-6-14(15(12)18)19-13-8-7-11(17)9-10(13)2/h4-9,19H,3,18H2,1-2H3. The topological polar surface area (TPSA) is 64.3 Å². The van der Waals surface area contributed by atoms with Gasteiger partial charge in [-0.15, -0.1) is 0 Å². The van der Waals surface area contributed by atoms with Crippen LogP contribution in [0.1, 0.15) is 22.8 Å². The lowest BCUT2D eigenvalue weighted by atomic mass is 10.1. The molecule has 0 spiro atoms.